The Hall–Kier alpha value is -1.82. The molecule has 0 radical (unpaired) electrons. The molecule has 1 aliphatic carbocycles. The average Bonchev–Trinajstić information content (AvgIpc) is 3.27. The van der Waals surface area contributed by atoms with Crippen LogP contribution in [0.5, 0.6) is 5.88 Å². The molecule has 6 heteroatoms. The van der Waals surface area contributed by atoms with Crippen molar-refractivity contribution in [1.29, 1.82) is 0 Å². The molecule has 1 atom stereocenters. The normalized spacial score (nSPS) is 21.0. The highest BCUT2D eigenvalue weighted by Gasteiger charge is 2.20. The molecule has 2 aliphatic rings. The Morgan fingerprint density at radius 1 is 1.38 bits per heavy atom. The highest BCUT2D eigenvalue weighted by atomic mass is 16.5. The van der Waals surface area contributed by atoms with Crippen molar-refractivity contribution in [2.75, 3.05) is 20.2 Å². The van der Waals surface area contributed by atoms with E-state index in [1.807, 2.05) is 12.1 Å². The molecule has 1 aliphatic heterocycles. The van der Waals surface area contributed by atoms with E-state index < -0.39 is 0 Å². The lowest BCUT2D eigenvalue weighted by molar-refractivity contribution is 0.0874. The van der Waals surface area contributed by atoms with Crippen molar-refractivity contribution in [3.63, 3.8) is 0 Å². The zero-order chi connectivity index (χ0) is 16.8. The Balaban J connectivity index is 1.45. The summed E-state index contributed by atoms with van der Waals surface area (Å²) in [6.45, 7) is 1.91. The van der Waals surface area contributed by atoms with Crippen LogP contribution in [0.1, 0.15) is 44.1 Å². The molecule has 0 aromatic carbocycles. The molecule has 2 amide bonds. The minimum absolute atomic E-state index is 0.0828. The number of pyridine rings is 1. The summed E-state index contributed by atoms with van der Waals surface area (Å²) in [5, 5.41) is 2.94. The van der Waals surface area contributed by atoms with Crippen LogP contribution in [0.25, 0.3) is 0 Å². The van der Waals surface area contributed by atoms with Gasteiger partial charge in [-0.1, -0.05) is 0 Å². The zero-order valence-corrected chi connectivity index (χ0v) is 14.4. The predicted molar refractivity (Wildman–Crippen MR) is 91.0 cm³/mol. The number of ether oxygens (including phenoxy) is 2. The SMILES string of the molecule is CN(C[C@@H]1CCCO1)C(=O)NCc1ccnc(OC2CCCC2)c1. The number of urea groups is 1. The lowest BCUT2D eigenvalue weighted by Gasteiger charge is -2.21. The first kappa shape index (κ1) is 17.0. The smallest absolute Gasteiger partial charge is 0.317 e. The lowest BCUT2D eigenvalue weighted by atomic mass is 10.2. The van der Waals surface area contributed by atoms with Gasteiger partial charge in [0.15, 0.2) is 0 Å². The Morgan fingerprint density at radius 3 is 2.96 bits per heavy atom. The van der Waals surface area contributed by atoms with E-state index in [2.05, 4.69) is 10.3 Å². The van der Waals surface area contributed by atoms with Gasteiger partial charge in [0, 0.05) is 39.0 Å². The fraction of sp³-hybridized carbons (Fsp3) is 0.667. The molecule has 1 aromatic heterocycles. The van der Waals surface area contributed by atoms with E-state index in [1.165, 1.54) is 12.8 Å². The summed E-state index contributed by atoms with van der Waals surface area (Å²) in [5.74, 6) is 0.654. The van der Waals surface area contributed by atoms with E-state index in [0.29, 0.717) is 25.1 Å². The molecule has 6 nitrogen and oxygen atoms in total. The van der Waals surface area contributed by atoms with Crippen molar-refractivity contribution in [3.05, 3.63) is 23.9 Å². The largest absolute Gasteiger partial charge is 0.474 e. The molecule has 1 N–H and O–H groups in total. The molecule has 2 fully saturated rings. The number of rotatable bonds is 6. The van der Waals surface area contributed by atoms with Gasteiger partial charge in [-0.3, -0.25) is 0 Å². The van der Waals surface area contributed by atoms with Gasteiger partial charge in [-0.15, -0.1) is 0 Å². The van der Waals surface area contributed by atoms with Crippen LogP contribution in [0.2, 0.25) is 0 Å². The van der Waals surface area contributed by atoms with Crippen molar-refractivity contribution in [1.82, 2.24) is 15.2 Å². The van der Waals surface area contributed by atoms with Crippen molar-refractivity contribution in [3.8, 4) is 5.88 Å². The lowest BCUT2D eigenvalue weighted by Crippen LogP contribution is -2.40. The van der Waals surface area contributed by atoms with E-state index in [1.54, 1.807) is 18.1 Å². The molecular weight excluding hydrogens is 306 g/mol. The minimum atomic E-state index is -0.0828. The number of nitrogens with zero attached hydrogens (tertiary/aromatic N) is 2. The topological polar surface area (TPSA) is 63.7 Å². The molecule has 1 aromatic rings. The molecule has 1 saturated carbocycles. The van der Waals surface area contributed by atoms with Crippen LogP contribution in [0.4, 0.5) is 4.79 Å². The number of hydrogen-bond acceptors (Lipinski definition) is 4. The Morgan fingerprint density at radius 2 is 2.21 bits per heavy atom. The molecule has 0 bridgehead atoms. The maximum atomic E-state index is 12.2. The van der Waals surface area contributed by atoms with Gasteiger partial charge < -0.3 is 19.7 Å². The van der Waals surface area contributed by atoms with Gasteiger partial charge in [-0.05, 0) is 50.2 Å². The third-order valence-corrected chi connectivity index (χ3v) is 4.68. The highest BCUT2D eigenvalue weighted by molar-refractivity contribution is 5.73. The fourth-order valence-electron chi connectivity index (χ4n) is 3.29. The minimum Gasteiger partial charge on any atom is -0.474 e. The Labute approximate surface area is 143 Å². The van der Waals surface area contributed by atoms with Crippen molar-refractivity contribution < 1.29 is 14.3 Å². The van der Waals surface area contributed by atoms with Crippen LogP contribution in [-0.2, 0) is 11.3 Å². The summed E-state index contributed by atoms with van der Waals surface area (Å²) in [6.07, 6.45) is 9.00. The van der Waals surface area contributed by atoms with Crippen LogP contribution >= 0.6 is 0 Å². The van der Waals surface area contributed by atoms with Gasteiger partial charge in [-0.25, -0.2) is 9.78 Å². The third kappa shape index (κ3) is 4.84. The van der Waals surface area contributed by atoms with Crippen LogP contribution in [0, 0.1) is 0 Å². The first-order chi connectivity index (χ1) is 11.7. The maximum Gasteiger partial charge on any atom is 0.317 e. The van der Waals surface area contributed by atoms with Crippen molar-refractivity contribution >= 4 is 6.03 Å². The van der Waals surface area contributed by atoms with E-state index in [4.69, 9.17) is 9.47 Å². The number of aromatic nitrogens is 1. The summed E-state index contributed by atoms with van der Waals surface area (Å²) in [4.78, 5) is 18.1. The number of hydrogen-bond donors (Lipinski definition) is 1. The molecule has 24 heavy (non-hydrogen) atoms. The predicted octanol–water partition coefficient (Wildman–Crippen LogP) is 2.72. The van der Waals surface area contributed by atoms with Gasteiger partial charge in [0.2, 0.25) is 5.88 Å². The molecule has 2 heterocycles. The number of nitrogens with one attached hydrogen (secondary N) is 1. The van der Waals surface area contributed by atoms with Gasteiger partial charge in [-0.2, -0.15) is 0 Å². The standard InChI is InChI=1S/C18H27N3O3/c1-21(13-16-7-4-10-23-16)18(22)20-12-14-8-9-19-17(11-14)24-15-5-2-3-6-15/h8-9,11,15-16H,2-7,10,12-13H2,1H3,(H,20,22)/t16-/m0/s1. The second kappa shape index (κ2) is 8.33. The number of carbonyl (C=O) groups is 1. The van der Waals surface area contributed by atoms with Gasteiger partial charge in [0.05, 0.1) is 6.10 Å². The van der Waals surface area contributed by atoms with E-state index in [9.17, 15) is 4.79 Å². The highest BCUT2D eigenvalue weighted by Crippen LogP contribution is 2.23. The van der Waals surface area contributed by atoms with Crippen LogP contribution in [-0.4, -0.2) is 48.3 Å². The molecule has 132 valence electrons. The summed E-state index contributed by atoms with van der Waals surface area (Å²) in [7, 11) is 1.80. The summed E-state index contributed by atoms with van der Waals surface area (Å²) in [5.41, 5.74) is 0.997. The third-order valence-electron chi connectivity index (χ3n) is 4.68. The monoisotopic (exact) mass is 333 g/mol. The molecular formula is C18H27N3O3. The van der Waals surface area contributed by atoms with Crippen LogP contribution in [0.15, 0.2) is 18.3 Å². The molecule has 0 unspecified atom stereocenters. The van der Waals surface area contributed by atoms with E-state index >= 15 is 0 Å². The van der Waals surface area contributed by atoms with Crippen LogP contribution < -0.4 is 10.1 Å². The summed E-state index contributed by atoms with van der Waals surface area (Å²) in [6, 6.07) is 3.74. The van der Waals surface area contributed by atoms with E-state index in [0.717, 1.165) is 37.9 Å². The second-order valence-corrected chi connectivity index (χ2v) is 6.70. The summed E-state index contributed by atoms with van der Waals surface area (Å²) >= 11 is 0. The second-order valence-electron chi connectivity index (χ2n) is 6.70. The Kier molecular flexibility index (Phi) is 5.91. The van der Waals surface area contributed by atoms with Crippen molar-refractivity contribution in [2.24, 2.45) is 0 Å². The number of likely N-dealkylation sites (N-methyl/N-ethyl adjacent to an activating group) is 1. The molecule has 0 spiro atoms. The first-order valence-electron chi connectivity index (χ1n) is 8.93. The Bertz CT molecular complexity index is 540. The fourth-order valence-corrected chi connectivity index (χ4v) is 3.29. The van der Waals surface area contributed by atoms with Crippen LogP contribution in [0.3, 0.4) is 0 Å². The van der Waals surface area contributed by atoms with Gasteiger partial charge >= 0.3 is 6.03 Å². The first-order valence-corrected chi connectivity index (χ1v) is 8.93. The van der Waals surface area contributed by atoms with Gasteiger partial charge in [0.25, 0.3) is 0 Å². The number of amides is 2. The molecule has 1 saturated heterocycles. The van der Waals surface area contributed by atoms with E-state index in [-0.39, 0.29) is 12.1 Å². The number of carbonyl (C=O) groups excluding carboxylic acids is 1. The zero-order valence-electron chi connectivity index (χ0n) is 14.4. The molecule has 3 rings (SSSR count). The van der Waals surface area contributed by atoms with Crippen molar-refractivity contribution in [2.45, 2.75) is 57.3 Å². The summed E-state index contributed by atoms with van der Waals surface area (Å²) < 4.78 is 11.5. The average molecular weight is 333 g/mol. The maximum absolute atomic E-state index is 12.2. The quantitative estimate of drug-likeness (QED) is 0.869. The van der Waals surface area contributed by atoms with Gasteiger partial charge in [0.1, 0.15) is 6.10 Å².